The Morgan fingerprint density at radius 3 is 2.86 bits per heavy atom. The average molecular weight is 437 g/mol. The summed E-state index contributed by atoms with van der Waals surface area (Å²) in [4.78, 5) is 13.7. The molecule has 2 heterocycles. The molecule has 0 radical (unpaired) electrons. The minimum Gasteiger partial charge on any atom is -0.504 e. The number of hydrogen-bond acceptors (Lipinski definition) is 5. The highest BCUT2D eigenvalue weighted by Crippen LogP contribution is 2.42. The van der Waals surface area contributed by atoms with Crippen molar-refractivity contribution in [2.75, 3.05) is 13.7 Å². The van der Waals surface area contributed by atoms with Gasteiger partial charge in [-0.15, -0.1) is 0 Å². The molecule has 2 aliphatic heterocycles. The number of phenolic OH excluding ortho intramolecular Hbond substituents is 2. The van der Waals surface area contributed by atoms with Crippen LogP contribution in [-0.4, -0.2) is 46.7 Å². The molecule has 2 unspecified atom stereocenters. The van der Waals surface area contributed by atoms with Gasteiger partial charge in [0.2, 0.25) is 0 Å². The van der Waals surface area contributed by atoms with Crippen molar-refractivity contribution >= 4 is 37.9 Å². The number of carbonyl (C=O) groups excluding carboxylic acids is 1. The Kier molecular flexibility index (Phi) is 4.00. The third-order valence-electron chi connectivity index (χ3n) is 4.14. The van der Waals surface area contributed by atoms with Gasteiger partial charge in [0, 0.05) is 31.1 Å². The molecule has 0 aliphatic carbocycles. The number of urea groups is 1. The fourth-order valence-corrected chi connectivity index (χ4v) is 3.87. The summed E-state index contributed by atoms with van der Waals surface area (Å²) in [5, 5.41) is 25.2. The first-order valence-corrected chi connectivity index (χ1v) is 8.23. The molecule has 7 nitrogen and oxygen atoms in total. The molecule has 9 heteroatoms. The third-order valence-corrected chi connectivity index (χ3v) is 6.35. The molecule has 1 aromatic rings. The smallest absolute Gasteiger partial charge is 0.318 e. The maximum Gasteiger partial charge on any atom is 0.318 e. The van der Waals surface area contributed by atoms with Crippen LogP contribution in [0.4, 0.5) is 4.79 Å². The predicted molar refractivity (Wildman–Crippen MR) is 85.4 cm³/mol. The van der Waals surface area contributed by atoms with Crippen LogP contribution in [0, 0.1) is 0 Å². The molecule has 3 rings (SSSR count). The number of hydrogen-bond donors (Lipinski definition) is 4. The monoisotopic (exact) mass is 435 g/mol. The molecule has 2 amide bonds. The van der Waals surface area contributed by atoms with Crippen molar-refractivity contribution in [3.8, 4) is 11.5 Å². The number of aromatic hydroxyl groups is 2. The fraction of sp³-hybridized carbons (Fsp3) is 0.462. The van der Waals surface area contributed by atoms with E-state index in [4.69, 9.17) is 4.74 Å². The molecule has 2 fully saturated rings. The van der Waals surface area contributed by atoms with Crippen molar-refractivity contribution in [1.29, 1.82) is 0 Å². The molecular formula is C13H15Br2N3O4. The van der Waals surface area contributed by atoms with Crippen molar-refractivity contribution in [3.05, 3.63) is 20.6 Å². The molecule has 120 valence electrons. The van der Waals surface area contributed by atoms with Crippen LogP contribution in [-0.2, 0) is 11.3 Å². The van der Waals surface area contributed by atoms with E-state index >= 15 is 0 Å². The van der Waals surface area contributed by atoms with E-state index in [2.05, 4.69) is 42.5 Å². The van der Waals surface area contributed by atoms with Gasteiger partial charge in [0.25, 0.3) is 0 Å². The number of benzene rings is 1. The van der Waals surface area contributed by atoms with Crippen LogP contribution in [0.15, 0.2) is 15.0 Å². The van der Waals surface area contributed by atoms with Gasteiger partial charge >= 0.3 is 6.03 Å². The fourth-order valence-electron chi connectivity index (χ4n) is 2.98. The average Bonchev–Trinajstić information content (AvgIpc) is 2.98. The molecule has 0 saturated carbocycles. The van der Waals surface area contributed by atoms with Crippen molar-refractivity contribution in [2.24, 2.45) is 0 Å². The number of ether oxygens (including phenoxy) is 1. The van der Waals surface area contributed by atoms with Gasteiger partial charge in [0.15, 0.2) is 17.2 Å². The van der Waals surface area contributed by atoms with Gasteiger partial charge < -0.3 is 25.6 Å². The number of amides is 2. The van der Waals surface area contributed by atoms with Crippen molar-refractivity contribution < 1.29 is 19.7 Å². The topological polar surface area (TPSA) is 94.1 Å². The van der Waals surface area contributed by atoms with Gasteiger partial charge in [-0.3, -0.25) is 4.90 Å². The van der Waals surface area contributed by atoms with Crippen LogP contribution < -0.4 is 10.6 Å². The van der Waals surface area contributed by atoms with E-state index in [9.17, 15) is 15.0 Å². The first kappa shape index (κ1) is 15.9. The van der Waals surface area contributed by atoms with Gasteiger partial charge in [0.05, 0.1) is 4.47 Å². The maximum atomic E-state index is 11.6. The standard InChI is InChI=1S/C13H15Br2N3O4/c1-22-13-2-3-18(11(13)16-12(21)17-13)5-6-4-7(19)10(20)9(15)8(6)14/h4,11,19-20H,2-3,5H2,1H3,(H2,16,17,21). The SMILES string of the molecule is COC12CCN(Cc3cc(O)c(O)c(Br)c3Br)C1NC(=O)N2. The van der Waals surface area contributed by atoms with Crippen molar-refractivity contribution in [2.45, 2.75) is 24.9 Å². The molecule has 0 bridgehead atoms. The second-order valence-corrected chi connectivity index (χ2v) is 6.93. The van der Waals surface area contributed by atoms with Gasteiger partial charge in [0.1, 0.15) is 6.17 Å². The van der Waals surface area contributed by atoms with Crippen LogP contribution in [0.2, 0.25) is 0 Å². The first-order chi connectivity index (χ1) is 10.4. The minimum absolute atomic E-state index is 0.198. The number of nitrogens with zero attached hydrogens (tertiary/aromatic N) is 1. The molecule has 2 atom stereocenters. The summed E-state index contributed by atoms with van der Waals surface area (Å²) in [6, 6.07) is 1.24. The highest BCUT2D eigenvalue weighted by molar-refractivity contribution is 9.13. The summed E-state index contributed by atoms with van der Waals surface area (Å²) < 4.78 is 6.57. The third kappa shape index (κ3) is 2.36. The number of fused-ring (bicyclic) bond motifs is 1. The number of halogens is 2. The summed E-state index contributed by atoms with van der Waals surface area (Å²) >= 11 is 6.65. The predicted octanol–water partition coefficient (Wildman–Crippen LogP) is 1.81. The zero-order valence-electron chi connectivity index (χ0n) is 11.7. The van der Waals surface area contributed by atoms with E-state index < -0.39 is 5.72 Å². The Bertz CT molecular complexity index is 642. The Morgan fingerprint density at radius 1 is 1.45 bits per heavy atom. The van der Waals surface area contributed by atoms with Crippen LogP contribution >= 0.6 is 31.9 Å². The van der Waals surface area contributed by atoms with Gasteiger partial charge in [-0.25, -0.2) is 4.79 Å². The Balaban J connectivity index is 1.87. The number of methoxy groups -OCH3 is 1. The summed E-state index contributed by atoms with van der Waals surface area (Å²) in [6.45, 7) is 1.20. The second-order valence-electron chi connectivity index (χ2n) is 5.35. The Morgan fingerprint density at radius 2 is 2.18 bits per heavy atom. The maximum absolute atomic E-state index is 11.6. The van der Waals surface area contributed by atoms with E-state index in [1.54, 1.807) is 7.11 Å². The van der Waals surface area contributed by atoms with E-state index in [-0.39, 0.29) is 23.7 Å². The van der Waals surface area contributed by atoms with E-state index in [0.717, 1.165) is 12.1 Å². The Hall–Kier alpha value is -1.03. The molecule has 0 aromatic heterocycles. The quantitative estimate of drug-likeness (QED) is 0.542. The van der Waals surface area contributed by atoms with Gasteiger partial charge in [-0.2, -0.15) is 0 Å². The number of rotatable bonds is 3. The molecule has 4 N–H and O–H groups in total. The molecule has 22 heavy (non-hydrogen) atoms. The minimum atomic E-state index is -0.722. The zero-order valence-corrected chi connectivity index (χ0v) is 14.9. The number of likely N-dealkylation sites (tertiary alicyclic amines) is 1. The van der Waals surface area contributed by atoms with E-state index in [1.807, 2.05) is 4.90 Å². The van der Waals surface area contributed by atoms with Crippen LogP contribution in [0.3, 0.4) is 0 Å². The lowest BCUT2D eigenvalue weighted by molar-refractivity contribution is -0.0407. The van der Waals surface area contributed by atoms with Crippen LogP contribution in [0.25, 0.3) is 0 Å². The molecule has 0 spiro atoms. The van der Waals surface area contributed by atoms with E-state index in [1.165, 1.54) is 6.07 Å². The number of nitrogens with one attached hydrogen (secondary N) is 2. The lowest BCUT2D eigenvalue weighted by atomic mass is 10.1. The summed E-state index contributed by atoms with van der Waals surface area (Å²) in [6.07, 6.45) is 0.377. The zero-order chi connectivity index (χ0) is 16.1. The molecular weight excluding hydrogens is 422 g/mol. The molecule has 2 saturated heterocycles. The summed E-state index contributed by atoms with van der Waals surface area (Å²) in [7, 11) is 1.57. The first-order valence-electron chi connectivity index (χ1n) is 6.64. The van der Waals surface area contributed by atoms with Gasteiger partial charge in [-0.05, 0) is 43.5 Å². The lowest BCUT2D eigenvalue weighted by Crippen LogP contribution is -2.51. The largest absolute Gasteiger partial charge is 0.504 e. The summed E-state index contributed by atoms with van der Waals surface area (Å²) in [5.74, 6) is -0.407. The summed E-state index contributed by atoms with van der Waals surface area (Å²) in [5.41, 5.74) is 0.0648. The number of phenols is 2. The lowest BCUT2D eigenvalue weighted by Gasteiger charge is -2.29. The molecule has 1 aromatic carbocycles. The highest BCUT2D eigenvalue weighted by atomic mass is 79.9. The highest BCUT2D eigenvalue weighted by Gasteiger charge is 2.54. The van der Waals surface area contributed by atoms with E-state index in [0.29, 0.717) is 21.9 Å². The Labute approximate surface area is 143 Å². The number of carbonyl (C=O) groups is 1. The van der Waals surface area contributed by atoms with Crippen molar-refractivity contribution in [3.63, 3.8) is 0 Å². The molecule has 2 aliphatic rings. The van der Waals surface area contributed by atoms with Crippen LogP contribution in [0.5, 0.6) is 11.5 Å². The van der Waals surface area contributed by atoms with Crippen molar-refractivity contribution in [1.82, 2.24) is 15.5 Å². The van der Waals surface area contributed by atoms with Gasteiger partial charge in [-0.1, -0.05) is 0 Å². The van der Waals surface area contributed by atoms with Crippen LogP contribution in [0.1, 0.15) is 12.0 Å². The second kappa shape index (κ2) is 5.55. The normalized spacial score (nSPS) is 27.6.